The molecule has 0 spiro atoms. The fourth-order valence-electron chi connectivity index (χ4n) is 3.61. The molecular formula is C26H31N3O2. The smallest absolute Gasteiger partial charge is 0.279 e. The van der Waals surface area contributed by atoms with Crippen LogP contribution in [-0.2, 0) is 17.6 Å². The Balaban J connectivity index is 1.56. The van der Waals surface area contributed by atoms with Gasteiger partial charge in [-0.05, 0) is 48.6 Å². The van der Waals surface area contributed by atoms with E-state index in [1.165, 1.54) is 62.0 Å². The van der Waals surface area contributed by atoms with E-state index < -0.39 is 0 Å². The number of carbonyl (C=O) groups excluding carboxylic acids is 2. The minimum absolute atomic E-state index is 0.0347. The fourth-order valence-corrected chi connectivity index (χ4v) is 3.61. The molecule has 0 aliphatic heterocycles. The predicted molar refractivity (Wildman–Crippen MR) is 123 cm³/mol. The van der Waals surface area contributed by atoms with E-state index in [9.17, 15) is 9.59 Å². The normalized spacial score (nSPS) is 10.9. The third-order valence-corrected chi connectivity index (χ3v) is 5.39. The van der Waals surface area contributed by atoms with Crippen LogP contribution >= 0.6 is 0 Å². The molecule has 0 unspecified atom stereocenters. The summed E-state index contributed by atoms with van der Waals surface area (Å²) in [5.74, 6) is 0.0641. The van der Waals surface area contributed by atoms with Crippen LogP contribution < -0.4 is 0 Å². The number of nitrogens with zero attached hydrogens (tertiary/aromatic N) is 3. The summed E-state index contributed by atoms with van der Waals surface area (Å²) in [4.78, 5) is 27.8. The van der Waals surface area contributed by atoms with E-state index in [1.807, 2.05) is 12.1 Å². The van der Waals surface area contributed by atoms with Crippen molar-refractivity contribution in [2.75, 3.05) is 0 Å². The standard InChI is InChI=1S/C26H31N3O2/c1-3-4-5-6-7-8-9-21-10-12-22(13-11-21)23-14-16-24(17-15-23)26(31)29-19-27-25(28-29)18-20(2)30/h10-17,19H,3-9,18H2,1-2H3. The van der Waals surface area contributed by atoms with Crippen LogP contribution in [0.25, 0.3) is 11.1 Å². The SMILES string of the molecule is CCCCCCCCc1ccc(-c2ccc(C(=O)n3cnc(CC(C)=O)n3)cc2)cc1. The van der Waals surface area contributed by atoms with Gasteiger partial charge < -0.3 is 0 Å². The second-order valence-electron chi connectivity index (χ2n) is 8.08. The number of rotatable bonds is 11. The molecule has 31 heavy (non-hydrogen) atoms. The Bertz CT molecular complexity index is 988. The number of aromatic nitrogens is 3. The average Bonchev–Trinajstić information content (AvgIpc) is 3.24. The average molecular weight is 418 g/mol. The molecule has 5 nitrogen and oxygen atoms in total. The summed E-state index contributed by atoms with van der Waals surface area (Å²) in [7, 11) is 0. The third kappa shape index (κ3) is 6.71. The van der Waals surface area contributed by atoms with Crippen molar-refractivity contribution in [3.8, 4) is 11.1 Å². The van der Waals surface area contributed by atoms with E-state index in [0.29, 0.717) is 11.4 Å². The molecule has 2 aromatic carbocycles. The maximum Gasteiger partial charge on any atom is 0.279 e. The molecule has 0 atom stereocenters. The van der Waals surface area contributed by atoms with E-state index in [-0.39, 0.29) is 18.1 Å². The highest BCUT2D eigenvalue weighted by Crippen LogP contribution is 2.21. The molecule has 3 aromatic rings. The number of carbonyl (C=O) groups is 2. The number of hydrogen-bond donors (Lipinski definition) is 0. The second kappa shape index (κ2) is 11.3. The van der Waals surface area contributed by atoms with Gasteiger partial charge in [0.25, 0.3) is 5.91 Å². The first-order valence-corrected chi connectivity index (χ1v) is 11.2. The maximum absolute atomic E-state index is 12.6. The molecular weight excluding hydrogens is 386 g/mol. The first kappa shape index (κ1) is 22.6. The number of hydrogen-bond acceptors (Lipinski definition) is 4. The predicted octanol–water partition coefficient (Wildman–Crippen LogP) is 5.67. The highest BCUT2D eigenvalue weighted by atomic mass is 16.2. The Labute approximate surface area is 184 Å². The Kier molecular flexibility index (Phi) is 8.27. The zero-order chi connectivity index (χ0) is 22.1. The fraction of sp³-hybridized carbons (Fsp3) is 0.385. The lowest BCUT2D eigenvalue weighted by Gasteiger charge is -2.06. The van der Waals surface area contributed by atoms with Gasteiger partial charge in [0.2, 0.25) is 0 Å². The van der Waals surface area contributed by atoms with Gasteiger partial charge in [-0.25, -0.2) is 4.98 Å². The number of benzene rings is 2. The lowest BCUT2D eigenvalue weighted by molar-refractivity contribution is -0.116. The van der Waals surface area contributed by atoms with E-state index >= 15 is 0 Å². The molecule has 0 aliphatic rings. The summed E-state index contributed by atoms with van der Waals surface area (Å²) in [6, 6.07) is 16.2. The van der Waals surface area contributed by atoms with Crippen molar-refractivity contribution in [1.82, 2.24) is 14.8 Å². The molecule has 0 saturated carbocycles. The van der Waals surface area contributed by atoms with E-state index in [1.54, 1.807) is 12.1 Å². The summed E-state index contributed by atoms with van der Waals surface area (Å²) in [6.07, 6.45) is 10.5. The molecule has 1 heterocycles. The molecule has 162 valence electrons. The maximum atomic E-state index is 12.6. The van der Waals surface area contributed by atoms with Crippen LogP contribution in [0.3, 0.4) is 0 Å². The van der Waals surface area contributed by atoms with E-state index in [4.69, 9.17) is 0 Å². The van der Waals surface area contributed by atoms with Crippen molar-refractivity contribution in [3.05, 3.63) is 71.8 Å². The zero-order valence-corrected chi connectivity index (χ0v) is 18.5. The summed E-state index contributed by atoms with van der Waals surface area (Å²) in [5.41, 5.74) is 4.11. The molecule has 5 heteroatoms. The van der Waals surface area contributed by atoms with Crippen LogP contribution in [0.15, 0.2) is 54.9 Å². The van der Waals surface area contributed by atoms with Crippen LogP contribution in [-0.4, -0.2) is 26.5 Å². The molecule has 0 saturated heterocycles. The Morgan fingerprint density at radius 3 is 2.10 bits per heavy atom. The number of Topliss-reactive ketones (excluding diaryl/α,β-unsaturated/α-hetero) is 1. The molecule has 0 fully saturated rings. The number of ketones is 1. The van der Waals surface area contributed by atoms with Crippen LogP contribution in [0.1, 0.15) is 74.1 Å². The van der Waals surface area contributed by atoms with Gasteiger partial charge in [0.05, 0.1) is 6.42 Å². The van der Waals surface area contributed by atoms with Gasteiger partial charge in [-0.2, -0.15) is 4.68 Å². The molecule has 0 radical (unpaired) electrons. The summed E-state index contributed by atoms with van der Waals surface area (Å²) in [5, 5.41) is 4.10. The molecule has 0 amide bonds. The largest absolute Gasteiger partial charge is 0.300 e. The first-order valence-electron chi connectivity index (χ1n) is 11.2. The van der Waals surface area contributed by atoms with Crippen molar-refractivity contribution in [2.45, 2.75) is 65.2 Å². The summed E-state index contributed by atoms with van der Waals surface area (Å²) >= 11 is 0. The van der Waals surface area contributed by atoms with Gasteiger partial charge >= 0.3 is 0 Å². The lowest BCUT2D eigenvalue weighted by Crippen LogP contribution is -2.13. The molecule has 1 aromatic heterocycles. The quantitative estimate of drug-likeness (QED) is 0.377. The van der Waals surface area contributed by atoms with Gasteiger partial charge in [0, 0.05) is 5.56 Å². The van der Waals surface area contributed by atoms with Gasteiger partial charge in [0.15, 0.2) is 5.82 Å². The minimum Gasteiger partial charge on any atom is -0.300 e. The van der Waals surface area contributed by atoms with Crippen LogP contribution in [0.2, 0.25) is 0 Å². The number of unbranched alkanes of at least 4 members (excludes halogenated alkanes) is 5. The molecule has 0 aliphatic carbocycles. The minimum atomic E-state index is -0.261. The Hall–Kier alpha value is -3.08. The van der Waals surface area contributed by atoms with Crippen molar-refractivity contribution in [3.63, 3.8) is 0 Å². The Morgan fingerprint density at radius 2 is 1.45 bits per heavy atom. The lowest BCUT2D eigenvalue weighted by atomic mass is 10.00. The van der Waals surface area contributed by atoms with E-state index in [0.717, 1.165) is 17.5 Å². The van der Waals surface area contributed by atoms with E-state index in [2.05, 4.69) is 41.3 Å². The second-order valence-corrected chi connectivity index (χ2v) is 8.08. The van der Waals surface area contributed by atoms with Crippen LogP contribution in [0, 0.1) is 0 Å². The Morgan fingerprint density at radius 1 is 0.839 bits per heavy atom. The number of aryl methyl sites for hydroxylation is 1. The molecule has 0 bridgehead atoms. The van der Waals surface area contributed by atoms with Crippen LogP contribution in [0.4, 0.5) is 0 Å². The zero-order valence-electron chi connectivity index (χ0n) is 18.5. The summed E-state index contributed by atoms with van der Waals surface area (Å²) < 4.78 is 1.18. The highest BCUT2D eigenvalue weighted by Gasteiger charge is 2.12. The van der Waals surface area contributed by atoms with Crippen molar-refractivity contribution < 1.29 is 9.59 Å². The molecule has 3 rings (SSSR count). The van der Waals surface area contributed by atoms with Gasteiger partial charge in [-0.1, -0.05) is 75.4 Å². The topological polar surface area (TPSA) is 64.8 Å². The monoisotopic (exact) mass is 417 g/mol. The highest BCUT2D eigenvalue weighted by molar-refractivity contribution is 5.95. The van der Waals surface area contributed by atoms with Gasteiger partial charge in [-0.3, -0.25) is 9.59 Å². The van der Waals surface area contributed by atoms with Crippen molar-refractivity contribution in [2.24, 2.45) is 0 Å². The third-order valence-electron chi connectivity index (χ3n) is 5.39. The first-order chi connectivity index (χ1) is 15.1. The molecule has 0 N–H and O–H groups in total. The van der Waals surface area contributed by atoms with Crippen LogP contribution in [0.5, 0.6) is 0 Å². The van der Waals surface area contributed by atoms with Crippen molar-refractivity contribution in [1.29, 1.82) is 0 Å². The summed E-state index contributed by atoms with van der Waals surface area (Å²) in [6.45, 7) is 3.72. The van der Waals surface area contributed by atoms with Crippen molar-refractivity contribution >= 4 is 11.7 Å². The van der Waals surface area contributed by atoms with Gasteiger partial charge in [-0.15, -0.1) is 5.10 Å². The van der Waals surface area contributed by atoms with Gasteiger partial charge in [0.1, 0.15) is 12.1 Å².